The quantitative estimate of drug-likeness (QED) is 0.442. The fourth-order valence-corrected chi connectivity index (χ4v) is 1.21. The van der Waals surface area contributed by atoms with E-state index >= 15 is 0 Å². The van der Waals surface area contributed by atoms with Crippen molar-refractivity contribution in [2.24, 2.45) is 0 Å². The van der Waals surface area contributed by atoms with Crippen LogP contribution in [0.1, 0.15) is 0 Å². The predicted octanol–water partition coefficient (Wildman–Crippen LogP) is -1.44. The molecule has 9 heteroatoms. The first kappa shape index (κ1) is 9.26. The first-order chi connectivity index (χ1) is 3.71. The van der Waals surface area contributed by atoms with Gasteiger partial charge in [-0.25, -0.2) is 8.88 Å². The Kier molecular flexibility index (Phi) is 2.55. The van der Waals surface area contributed by atoms with Crippen LogP contribution in [0.4, 0.5) is 0 Å². The van der Waals surface area contributed by atoms with Crippen molar-refractivity contribution in [3.63, 3.8) is 0 Å². The van der Waals surface area contributed by atoms with Crippen molar-refractivity contribution in [3.05, 3.63) is 0 Å². The van der Waals surface area contributed by atoms with Crippen LogP contribution in [0.2, 0.25) is 0 Å². The van der Waals surface area contributed by atoms with Crippen LogP contribution in [0, 0.1) is 0 Å². The summed E-state index contributed by atoms with van der Waals surface area (Å²) in [5.41, 5.74) is 0. The van der Waals surface area contributed by atoms with Crippen LogP contribution in [0.25, 0.3) is 0 Å². The lowest BCUT2D eigenvalue weighted by Gasteiger charge is -2.14. The van der Waals surface area contributed by atoms with E-state index in [0.29, 0.717) is 0 Å². The molecule has 1 unspecified atom stereocenters. The molecule has 0 aliphatic carbocycles. The molecule has 56 valence electrons. The highest BCUT2D eigenvalue weighted by Crippen LogP contribution is 2.51. The van der Waals surface area contributed by atoms with Gasteiger partial charge in [0.15, 0.2) is 0 Å². The van der Waals surface area contributed by atoms with Crippen molar-refractivity contribution in [3.8, 4) is 0 Å². The summed E-state index contributed by atoms with van der Waals surface area (Å²) in [7, 11) is -10.4. The summed E-state index contributed by atoms with van der Waals surface area (Å²) < 4.78 is 21.9. The van der Waals surface area contributed by atoms with E-state index in [9.17, 15) is 14.0 Å². The van der Waals surface area contributed by atoms with Crippen molar-refractivity contribution in [1.82, 2.24) is 0 Å². The molecule has 0 fully saturated rings. The van der Waals surface area contributed by atoms with E-state index in [-0.39, 0.29) is 0 Å². The minimum Gasteiger partial charge on any atom is -0.756 e. The Labute approximate surface area is 49.8 Å². The van der Waals surface area contributed by atoms with Gasteiger partial charge in [-0.15, -0.1) is 0 Å². The molecule has 0 saturated heterocycles. The van der Waals surface area contributed by atoms with Crippen LogP contribution in [-0.2, 0) is 13.4 Å². The summed E-state index contributed by atoms with van der Waals surface area (Å²) in [6.07, 6.45) is 0. The summed E-state index contributed by atoms with van der Waals surface area (Å²) in [4.78, 5) is 32.6. The van der Waals surface area contributed by atoms with Gasteiger partial charge in [-0.05, 0) is 0 Å². The van der Waals surface area contributed by atoms with E-state index in [4.69, 9.17) is 14.7 Å². The molecule has 0 radical (unpaired) electrons. The molecule has 1 atom stereocenters. The van der Waals surface area contributed by atoms with Crippen LogP contribution in [0.5, 0.6) is 0 Å². The van der Waals surface area contributed by atoms with E-state index < -0.39 is 15.6 Å². The van der Waals surface area contributed by atoms with E-state index in [1.54, 1.807) is 0 Å². The molecule has 0 amide bonds. The largest absolute Gasteiger partial charge is 0.756 e. The van der Waals surface area contributed by atoms with Gasteiger partial charge in [0.25, 0.3) is 7.82 Å². The predicted molar refractivity (Wildman–Crippen MR) is 23.0 cm³/mol. The van der Waals surface area contributed by atoms with E-state index in [1.807, 2.05) is 0 Å². The smallest absolute Gasteiger partial charge is 0.476 e. The zero-order valence-corrected chi connectivity index (χ0v) is 5.66. The summed E-state index contributed by atoms with van der Waals surface area (Å²) >= 11 is 0. The summed E-state index contributed by atoms with van der Waals surface area (Å²) in [5.74, 6) is 0. The van der Waals surface area contributed by atoms with Crippen molar-refractivity contribution in [2.45, 2.75) is 0 Å². The van der Waals surface area contributed by atoms with Crippen molar-refractivity contribution in [2.75, 3.05) is 0 Å². The molecular formula is H3O7P2-. The Balaban J connectivity index is 4.07. The van der Waals surface area contributed by atoms with Gasteiger partial charge in [-0.3, -0.25) is 4.57 Å². The molecule has 0 spiro atoms. The van der Waals surface area contributed by atoms with Crippen LogP contribution in [0.3, 0.4) is 0 Å². The average Bonchev–Trinajstić information content (AvgIpc) is 1.14. The fourth-order valence-electron chi connectivity index (χ4n) is 0.134. The second-order valence-corrected chi connectivity index (χ2v) is 3.61. The zero-order chi connectivity index (χ0) is 7.71. The van der Waals surface area contributed by atoms with E-state index in [2.05, 4.69) is 4.31 Å². The minimum absolute atomic E-state index is 2.85. The van der Waals surface area contributed by atoms with Crippen molar-refractivity contribution in [1.29, 1.82) is 0 Å². The molecule has 0 rings (SSSR count). The molecule has 0 aromatic carbocycles. The highest BCUT2D eigenvalue weighted by atomic mass is 32.3. The molecule has 7 nitrogen and oxygen atoms in total. The Morgan fingerprint density at radius 2 is 1.56 bits per heavy atom. The molecule has 0 aliphatic heterocycles. The second kappa shape index (κ2) is 2.48. The third-order valence-electron chi connectivity index (χ3n) is 0.210. The van der Waals surface area contributed by atoms with Gasteiger partial charge in [0.1, 0.15) is 0 Å². The van der Waals surface area contributed by atoms with Gasteiger partial charge < -0.3 is 19.6 Å². The van der Waals surface area contributed by atoms with Crippen LogP contribution < -0.4 is 4.89 Å². The van der Waals surface area contributed by atoms with Crippen LogP contribution in [-0.4, -0.2) is 14.7 Å². The third kappa shape index (κ3) is 8.26. The maximum absolute atomic E-state index is 9.59. The first-order valence-electron chi connectivity index (χ1n) is 1.51. The third-order valence-corrected chi connectivity index (χ3v) is 1.89. The zero-order valence-electron chi connectivity index (χ0n) is 3.87. The second-order valence-electron chi connectivity index (χ2n) is 1.04. The lowest BCUT2D eigenvalue weighted by molar-refractivity contribution is -0.212. The van der Waals surface area contributed by atoms with Gasteiger partial charge in [0.05, 0.1) is 0 Å². The van der Waals surface area contributed by atoms with E-state index in [0.717, 1.165) is 0 Å². The van der Waals surface area contributed by atoms with Gasteiger partial charge in [0, 0.05) is 0 Å². The maximum atomic E-state index is 9.59. The average molecular weight is 179 g/mol. The molecule has 9 heavy (non-hydrogen) atoms. The van der Waals surface area contributed by atoms with Gasteiger partial charge in [-0.2, -0.15) is 0 Å². The van der Waals surface area contributed by atoms with Crippen molar-refractivity contribution >= 4 is 15.6 Å². The normalized spacial score (nSPS) is 19.1. The highest BCUT2D eigenvalue weighted by Gasteiger charge is 2.20. The summed E-state index contributed by atoms with van der Waals surface area (Å²) in [5, 5.41) is 0. The molecule has 0 heterocycles. The SMILES string of the molecule is O=[32P]([O-])(O)O[32P](=O)(O)O. The lowest BCUT2D eigenvalue weighted by Crippen LogP contribution is -2.01. The lowest BCUT2D eigenvalue weighted by atomic mass is 15.7. The summed E-state index contributed by atoms with van der Waals surface area (Å²) in [6.45, 7) is 0. The van der Waals surface area contributed by atoms with Gasteiger partial charge in [-0.1, -0.05) is 0 Å². The Hall–Kier alpha value is 0.260. The topological polar surface area (TPSA) is 127 Å². The van der Waals surface area contributed by atoms with Crippen molar-refractivity contribution < 1.29 is 33.0 Å². The maximum Gasteiger partial charge on any atom is 0.476 e. The molecule has 3 N–H and O–H groups in total. The van der Waals surface area contributed by atoms with Gasteiger partial charge >= 0.3 is 7.82 Å². The molecule has 0 bridgehead atoms. The molecule has 0 aromatic heterocycles. The first-order valence-corrected chi connectivity index (χ1v) is 4.54. The summed E-state index contributed by atoms with van der Waals surface area (Å²) in [6, 6.07) is 0. The minimum atomic E-state index is -5.30. The fraction of sp³-hybridized carbons (Fsp3) is 0. The molecule has 0 aliphatic rings. The standard InChI is InChI=1S/H4O7P2/c1-8(2,3)7-9(4,5)6/h(H2,1,2,3)(H2,4,5,6)/p-1/i8+1,9+1. The number of hydrogen-bond donors (Lipinski definition) is 3. The Bertz CT molecular complexity index is 147. The molecule has 0 aromatic rings. The molecular weight excluding hydrogens is 176 g/mol. The molecule has 0 saturated carbocycles. The number of hydrogen-bond acceptors (Lipinski definition) is 4. The Morgan fingerprint density at radius 1 is 1.22 bits per heavy atom. The number of rotatable bonds is 2. The highest BCUT2D eigenvalue weighted by molar-refractivity contribution is 7.59. The van der Waals surface area contributed by atoms with Gasteiger partial charge in [0.2, 0.25) is 0 Å². The Morgan fingerprint density at radius 3 is 1.56 bits per heavy atom. The van der Waals surface area contributed by atoms with E-state index in [1.165, 1.54) is 0 Å². The van der Waals surface area contributed by atoms with Crippen LogP contribution in [0.15, 0.2) is 0 Å². The monoisotopic (exact) mass is 179 g/mol. The number of phosphoric acid groups is 2. The van der Waals surface area contributed by atoms with Crippen LogP contribution >= 0.6 is 15.6 Å².